The lowest BCUT2D eigenvalue weighted by molar-refractivity contribution is -0.126. The lowest BCUT2D eigenvalue weighted by atomic mass is 10.0. The van der Waals surface area contributed by atoms with Crippen LogP contribution in [0.1, 0.15) is 32.0 Å². The van der Waals surface area contributed by atoms with Crippen molar-refractivity contribution >= 4 is 22.4 Å². The lowest BCUT2D eigenvalue weighted by Crippen LogP contribution is -2.31. The zero-order valence-corrected chi connectivity index (χ0v) is 11.7. The molecule has 1 amide bonds. The number of carbonyl (C=O) groups excluding carboxylic acids is 1. The zero-order chi connectivity index (χ0) is 13.1. The predicted molar refractivity (Wildman–Crippen MR) is 71.7 cm³/mol. The van der Waals surface area contributed by atoms with Gasteiger partial charge in [-0.2, -0.15) is 0 Å². The first-order valence-corrected chi connectivity index (χ1v) is 7.05. The van der Waals surface area contributed by atoms with Gasteiger partial charge in [-0.3, -0.25) is 10.1 Å². The van der Waals surface area contributed by atoms with Crippen LogP contribution in [-0.2, 0) is 9.53 Å². The number of amides is 1. The van der Waals surface area contributed by atoms with Crippen LogP contribution in [0.4, 0.5) is 5.13 Å². The fourth-order valence-corrected chi connectivity index (χ4v) is 2.70. The summed E-state index contributed by atoms with van der Waals surface area (Å²) in [5.41, 5.74) is 0.943. The third kappa shape index (κ3) is 2.88. The number of rotatable bonds is 4. The van der Waals surface area contributed by atoms with Gasteiger partial charge in [0.15, 0.2) is 5.13 Å². The molecule has 0 aromatic carbocycles. The second kappa shape index (κ2) is 5.77. The molecule has 3 unspecified atom stereocenters. The van der Waals surface area contributed by atoms with Gasteiger partial charge in [-0.05, 0) is 26.3 Å². The van der Waals surface area contributed by atoms with Crippen molar-refractivity contribution in [2.24, 2.45) is 5.92 Å². The van der Waals surface area contributed by atoms with Crippen LogP contribution in [0.25, 0.3) is 0 Å². The van der Waals surface area contributed by atoms with Crippen LogP contribution in [0.3, 0.4) is 0 Å². The van der Waals surface area contributed by atoms with Gasteiger partial charge in [0.25, 0.3) is 5.91 Å². The number of aromatic nitrogens is 1. The first-order chi connectivity index (χ1) is 8.61. The summed E-state index contributed by atoms with van der Waals surface area (Å²) < 4.78 is 5.43. The second-order valence-corrected chi connectivity index (χ2v) is 5.49. The van der Waals surface area contributed by atoms with Crippen molar-refractivity contribution in [3.8, 4) is 0 Å². The molecule has 6 heteroatoms. The monoisotopic (exact) mass is 269 g/mol. The maximum atomic E-state index is 12.0. The lowest BCUT2D eigenvalue weighted by Gasteiger charge is -2.12. The summed E-state index contributed by atoms with van der Waals surface area (Å²) in [6.45, 7) is 4.73. The topological polar surface area (TPSA) is 63.2 Å². The number of anilines is 1. The smallest absolute Gasteiger partial charge is 0.255 e. The van der Waals surface area contributed by atoms with E-state index in [-0.39, 0.29) is 24.0 Å². The average Bonchev–Trinajstić information content (AvgIpc) is 2.97. The highest BCUT2D eigenvalue weighted by atomic mass is 32.1. The van der Waals surface area contributed by atoms with Crippen molar-refractivity contribution in [3.63, 3.8) is 0 Å². The minimum atomic E-state index is -0.334. The Kier molecular flexibility index (Phi) is 4.31. The van der Waals surface area contributed by atoms with Crippen molar-refractivity contribution in [2.45, 2.75) is 32.4 Å². The van der Waals surface area contributed by atoms with Gasteiger partial charge >= 0.3 is 0 Å². The van der Waals surface area contributed by atoms with E-state index < -0.39 is 0 Å². The van der Waals surface area contributed by atoms with E-state index in [4.69, 9.17) is 4.74 Å². The quantitative estimate of drug-likeness (QED) is 0.874. The van der Waals surface area contributed by atoms with Gasteiger partial charge in [0, 0.05) is 18.0 Å². The van der Waals surface area contributed by atoms with Crippen LogP contribution < -0.4 is 10.6 Å². The van der Waals surface area contributed by atoms with Gasteiger partial charge in [0.05, 0.1) is 5.69 Å². The first kappa shape index (κ1) is 13.5. The number of nitrogens with zero attached hydrogens (tertiary/aromatic N) is 1. The van der Waals surface area contributed by atoms with E-state index in [9.17, 15) is 4.79 Å². The number of hydrogen-bond donors (Lipinski definition) is 2. The van der Waals surface area contributed by atoms with E-state index in [1.807, 2.05) is 26.3 Å². The Balaban J connectivity index is 1.97. The molecular formula is C12H19N3O2S. The molecule has 1 fully saturated rings. The molecule has 0 saturated carbocycles. The summed E-state index contributed by atoms with van der Waals surface area (Å²) in [5.74, 6) is 0.193. The second-order valence-electron chi connectivity index (χ2n) is 4.63. The van der Waals surface area contributed by atoms with Crippen molar-refractivity contribution < 1.29 is 9.53 Å². The largest absolute Gasteiger partial charge is 0.368 e. The van der Waals surface area contributed by atoms with Crippen molar-refractivity contribution in [3.05, 3.63) is 11.1 Å². The summed E-state index contributed by atoms with van der Waals surface area (Å²) in [4.78, 5) is 16.4. The Morgan fingerprint density at radius 2 is 2.44 bits per heavy atom. The Hall–Kier alpha value is -0.980. The summed E-state index contributed by atoms with van der Waals surface area (Å²) in [6, 6.07) is 0.188. The highest BCUT2D eigenvalue weighted by Gasteiger charge is 2.31. The average molecular weight is 269 g/mol. The Morgan fingerprint density at radius 1 is 1.67 bits per heavy atom. The number of nitrogens with one attached hydrogen (secondary N) is 2. The van der Waals surface area contributed by atoms with Crippen molar-refractivity contribution in [2.75, 3.05) is 19.0 Å². The molecule has 1 saturated heterocycles. The highest BCUT2D eigenvalue weighted by molar-refractivity contribution is 7.13. The minimum Gasteiger partial charge on any atom is -0.368 e. The molecule has 18 heavy (non-hydrogen) atoms. The van der Waals surface area contributed by atoms with Crippen LogP contribution >= 0.6 is 11.3 Å². The molecule has 5 nitrogen and oxygen atoms in total. The molecule has 1 aromatic rings. The van der Waals surface area contributed by atoms with Crippen LogP contribution in [0.2, 0.25) is 0 Å². The fraction of sp³-hybridized carbons (Fsp3) is 0.667. The van der Waals surface area contributed by atoms with Gasteiger partial charge in [-0.1, -0.05) is 6.92 Å². The van der Waals surface area contributed by atoms with Crippen molar-refractivity contribution in [1.82, 2.24) is 10.3 Å². The molecule has 3 atom stereocenters. The Labute approximate surface area is 111 Å². The zero-order valence-electron chi connectivity index (χ0n) is 10.9. The molecule has 0 aliphatic carbocycles. The number of carbonyl (C=O) groups is 1. The van der Waals surface area contributed by atoms with E-state index >= 15 is 0 Å². The van der Waals surface area contributed by atoms with Crippen LogP contribution in [0.15, 0.2) is 5.38 Å². The third-order valence-corrected chi connectivity index (χ3v) is 4.05. The van der Waals surface area contributed by atoms with Crippen LogP contribution in [0.5, 0.6) is 0 Å². The standard InChI is InChI=1S/C12H19N3O2S/c1-7-4-5-17-10(7)11(16)15-12-14-9(6-18-12)8(2)13-3/h6-8,10,13H,4-5H2,1-3H3,(H,14,15,16). The summed E-state index contributed by atoms with van der Waals surface area (Å²) >= 11 is 1.44. The fourth-order valence-electron chi connectivity index (χ4n) is 1.90. The SMILES string of the molecule is CNC(C)c1csc(NC(=O)C2OCCC2C)n1. The molecule has 1 aliphatic rings. The van der Waals surface area contributed by atoms with E-state index in [0.29, 0.717) is 11.7 Å². The molecular weight excluding hydrogens is 250 g/mol. The molecule has 2 heterocycles. The van der Waals surface area contributed by atoms with Gasteiger partial charge in [-0.25, -0.2) is 4.98 Å². The molecule has 0 spiro atoms. The maximum Gasteiger partial charge on any atom is 0.255 e. The van der Waals surface area contributed by atoms with E-state index in [1.165, 1.54) is 11.3 Å². The highest BCUT2D eigenvalue weighted by Crippen LogP contribution is 2.24. The molecule has 0 radical (unpaired) electrons. The summed E-state index contributed by atoms with van der Waals surface area (Å²) in [6.07, 6.45) is 0.608. The normalized spacial score (nSPS) is 25.1. The Morgan fingerprint density at radius 3 is 3.06 bits per heavy atom. The van der Waals surface area contributed by atoms with Gasteiger partial charge in [0.2, 0.25) is 0 Å². The molecule has 0 bridgehead atoms. The molecule has 100 valence electrons. The van der Waals surface area contributed by atoms with Crippen LogP contribution in [-0.4, -0.2) is 30.6 Å². The van der Waals surface area contributed by atoms with Gasteiger partial charge in [0.1, 0.15) is 6.10 Å². The molecule has 1 aromatic heterocycles. The molecule has 2 N–H and O–H groups in total. The van der Waals surface area contributed by atoms with E-state index in [1.54, 1.807) is 0 Å². The predicted octanol–water partition coefficient (Wildman–Crippen LogP) is 1.79. The summed E-state index contributed by atoms with van der Waals surface area (Å²) in [5, 5.41) is 8.54. The Bertz CT molecular complexity index is 421. The molecule has 1 aliphatic heterocycles. The molecule has 2 rings (SSSR count). The van der Waals surface area contributed by atoms with Crippen LogP contribution in [0, 0.1) is 5.92 Å². The van der Waals surface area contributed by atoms with E-state index in [2.05, 4.69) is 15.6 Å². The maximum absolute atomic E-state index is 12.0. The summed E-state index contributed by atoms with van der Waals surface area (Å²) in [7, 11) is 1.89. The van der Waals surface area contributed by atoms with Crippen molar-refractivity contribution in [1.29, 1.82) is 0 Å². The number of hydrogen-bond acceptors (Lipinski definition) is 5. The minimum absolute atomic E-state index is 0.0852. The number of thiazole rings is 1. The van der Waals surface area contributed by atoms with Gasteiger partial charge < -0.3 is 10.1 Å². The third-order valence-electron chi connectivity index (χ3n) is 3.27. The van der Waals surface area contributed by atoms with Gasteiger partial charge in [-0.15, -0.1) is 11.3 Å². The first-order valence-electron chi connectivity index (χ1n) is 6.17. The van der Waals surface area contributed by atoms with E-state index in [0.717, 1.165) is 12.1 Å². The number of ether oxygens (including phenoxy) is 1.